The van der Waals surface area contributed by atoms with Gasteiger partial charge in [0.25, 0.3) is 0 Å². The van der Waals surface area contributed by atoms with Crippen molar-refractivity contribution in [2.75, 3.05) is 6.61 Å². The molecule has 1 saturated heterocycles. The highest BCUT2D eigenvalue weighted by Crippen LogP contribution is 2.45. The Labute approximate surface area is 204 Å². The van der Waals surface area contributed by atoms with Crippen LogP contribution in [0, 0.1) is 17.1 Å². The molecular formula is C30H25FN2O2. The summed E-state index contributed by atoms with van der Waals surface area (Å²) in [6, 6.07) is 23.7. The van der Waals surface area contributed by atoms with Gasteiger partial charge in [0, 0.05) is 17.5 Å². The number of ether oxygens (including phenoxy) is 1. The Morgan fingerprint density at radius 3 is 2.43 bits per heavy atom. The van der Waals surface area contributed by atoms with Crippen molar-refractivity contribution in [1.82, 2.24) is 4.90 Å². The van der Waals surface area contributed by atoms with Gasteiger partial charge in [-0.2, -0.15) is 5.26 Å². The molecule has 6 rings (SSSR count). The van der Waals surface area contributed by atoms with Crippen molar-refractivity contribution in [3.8, 4) is 17.2 Å². The SMILES string of the molecule is N#CCc1cc(C2=CC3CCC(C2)N3C(=O)OCC2c3ccccc3-c3ccccc32)ccc1F. The summed E-state index contributed by atoms with van der Waals surface area (Å²) in [6.07, 6.45) is 4.42. The predicted molar refractivity (Wildman–Crippen MR) is 132 cm³/mol. The molecule has 2 aliphatic heterocycles. The van der Waals surface area contributed by atoms with Gasteiger partial charge in [-0.25, -0.2) is 9.18 Å². The van der Waals surface area contributed by atoms with E-state index in [1.54, 1.807) is 12.1 Å². The lowest BCUT2D eigenvalue weighted by Crippen LogP contribution is -2.43. The smallest absolute Gasteiger partial charge is 0.410 e. The minimum atomic E-state index is -0.352. The second kappa shape index (κ2) is 8.70. The van der Waals surface area contributed by atoms with E-state index in [4.69, 9.17) is 10.00 Å². The van der Waals surface area contributed by atoms with Gasteiger partial charge in [0.05, 0.1) is 18.5 Å². The van der Waals surface area contributed by atoms with Crippen LogP contribution in [0.5, 0.6) is 0 Å². The molecule has 0 saturated carbocycles. The first-order valence-electron chi connectivity index (χ1n) is 12.1. The maximum atomic E-state index is 14.0. The third-order valence-electron chi connectivity index (χ3n) is 7.63. The van der Waals surface area contributed by atoms with Gasteiger partial charge in [-0.3, -0.25) is 4.90 Å². The summed E-state index contributed by atoms with van der Waals surface area (Å²) in [6.45, 7) is 0.314. The summed E-state index contributed by atoms with van der Waals surface area (Å²) < 4.78 is 20.0. The molecule has 174 valence electrons. The number of carbonyl (C=O) groups is 1. The monoisotopic (exact) mass is 464 g/mol. The van der Waals surface area contributed by atoms with Gasteiger partial charge in [0.1, 0.15) is 12.4 Å². The van der Waals surface area contributed by atoms with E-state index in [1.165, 1.54) is 28.3 Å². The average molecular weight is 465 g/mol. The van der Waals surface area contributed by atoms with Crippen LogP contribution in [0.3, 0.4) is 0 Å². The van der Waals surface area contributed by atoms with Crippen LogP contribution in [0.15, 0.2) is 72.8 Å². The molecule has 2 atom stereocenters. The minimum absolute atomic E-state index is 0.0242. The van der Waals surface area contributed by atoms with E-state index in [-0.39, 0.29) is 36.3 Å². The highest BCUT2D eigenvalue weighted by atomic mass is 19.1. The zero-order valence-corrected chi connectivity index (χ0v) is 19.3. The molecule has 3 aromatic carbocycles. The normalized spacial score (nSPS) is 20.1. The van der Waals surface area contributed by atoms with E-state index >= 15 is 0 Å². The van der Waals surface area contributed by atoms with Gasteiger partial charge in [0.2, 0.25) is 0 Å². The van der Waals surface area contributed by atoms with Crippen molar-refractivity contribution >= 4 is 11.7 Å². The Morgan fingerprint density at radius 2 is 1.74 bits per heavy atom. The lowest BCUT2D eigenvalue weighted by atomic mass is 9.93. The minimum Gasteiger partial charge on any atom is -0.448 e. The number of rotatable bonds is 4. The second-order valence-electron chi connectivity index (χ2n) is 9.55. The molecule has 2 unspecified atom stereocenters. The highest BCUT2D eigenvalue weighted by molar-refractivity contribution is 5.79. The number of nitriles is 1. The summed E-state index contributed by atoms with van der Waals surface area (Å²) in [4.78, 5) is 15.1. The first kappa shape index (κ1) is 21.6. The molecule has 0 N–H and O–H groups in total. The lowest BCUT2D eigenvalue weighted by Gasteiger charge is -2.33. The Morgan fingerprint density at radius 1 is 1.03 bits per heavy atom. The summed E-state index contributed by atoms with van der Waals surface area (Å²) in [5.41, 5.74) is 7.29. The van der Waals surface area contributed by atoms with Gasteiger partial charge in [-0.05, 0) is 64.8 Å². The van der Waals surface area contributed by atoms with E-state index in [0.29, 0.717) is 18.6 Å². The van der Waals surface area contributed by atoms with Crippen molar-refractivity contribution in [3.05, 3.63) is 101 Å². The molecule has 5 heteroatoms. The van der Waals surface area contributed by atoms with Gasteiger partial charge < -0.3 is 4.74 Å². The standard InChI is InChI=1S/C30H25FN2O2/c31-29-12-9-19(15-20(29)13-14-32)21-16-22-10-11-23(17-21)33(22)30(34)35-18-28-26-7-3-1-5-24(26)25-6-2-4-8-27(25)28/h1-9,12,15-16,22-23,28H,10-11,13,17-18H2. The van der Waals surface area contributed by atoms with Crippen LogP contribution in [-0.4, -0.2) is 29.7 Å². The van der Waals surface area contributed by atoms with Gasteiger partial charge in [-0.1, -0.05) is 60.7 Å². The summed E-state index contributed by atoms with van der Waals surface area (Å²) in [7, 11) is 0. The molecule has 35 heavy (non-hydrogen) atoms. The number of hydrogen-bond donors (Lipinski definition) is 0. The lowest BCUT2D eigenvalue weighted by molar-refractivity contribution is 0.0866. The van der Waals surface area contributed by atoms with Gasteiger partial charge >= 0.3 is 6.09 Å². The van der Waals surface area contributed by atoms with E-state index in [2.05, 4.69) is 30.3 Å². The van der Waals surface area contributed by atoms with Crippen LogP contribution < -0.4 is 0 Å². The van der Waals surface area contributed by atoms with Crippen LogP contribution in [0.2, 0.25) is 0 Å². The topological polar surface area (TPSA) is 53.3 Å². The Balaban J connectivity index is 1.19. The van der Waals surface area contributed by atoms with Gasteiger partial charge in [-0.15, -0.1) is 0 Å². The molecule has 3 aromatic rings. The predicted octanol–water partition coefficient (Wildman–Crippen LogP) is 6.46. The highest BCUT2D eigenvalue weighted by Gasteiger charge is 2.41. The summed E-state index contributed by atoms with van der Waals surface area (Å²) >= 11 is 0. The van der Waals surface area contributed by atoms with E-state index in [9.17, 15) is 9.18 Å². The van der Waals surface area contributed by atoms with E-state index in [0.717, 1.165) is 24.0 Å². The van der Waals surface area contributed by atoms with Crippen molar-refractivity contribution in [1.29, 1.82) is 5.26 Å². The zero-order valence-electron chi connectivity index (χ0n) is 19.3. The number of halogens is 1. The Kier molecular flexibility index (Phi) is 5.37. The molecule has 0 radical (unpaired) electrons. The zero-order chi connectivity index (χ0) is 23.9. The van der Waals surface area contributed by atoms with E-state index in [1.807, 2.05) is 35.2 Å². The largest absolute Gasteiger partial charge is 0.448 e. The molecule has 3 aliphatic rings. The Bertz CT molecular complexity index is 1340. The first-order valence-corrected chi connectivity index (χ1v) is 12.1. The number of nitrogens with zero attached hydrogens (tertiary/aromatic N) is 2. The molecule has 1 aliphatic carbocycles. The van der Waals surface area contributed by atoms with Crippen LogP contribution in [0.4, 0.5) is 9.18 Å². The molecular weight excluding hydrogens is 439 g/mol. The number of amides is 1. The van der Waals surface area contributed by atoms with Crippen molar-refractivity contribution in [2.24, 2.45) is 0 Å². The molecule has 2 bridgehead atoms. The molecule has 1 fully saturated rings. The van der Waals surface area contributed by atoms with Crippen LogP contribution >= 0.6 is 0 Å². The summed E-state index contributed by atoms with van der Waals surface area (Å²) in [5, 5.41) is 8.98. The Hall–Kier alpha value is -3.91. The maximum Gasteiger partial charge on any atom is 0.410 e. The first-order chi connectivity index (χ1) is 17.1. The number of hydrogen-bond acceptors (Lipinski definition) is 3. The van der Waals surface area contributed by atoms with Gasteiger partial charge in [0.15, 0.2) is 0 Å². The van der Waals surface area contributed by atoms with Crippen LogP contribution in [-0.2, 0) is 11.2 Å². The van der Waals surface area contributed by atoms with E-state index < -0.39 is 0 Å². The quantitative estimate of drug-likeness (QED) is 0.445. The van der Waals surface area contributed by atoms with Crippen LogP contribution in [0.1, 0.15) is 47.4 Å². The number of carbonyl (C=O) groups excluding carboxylic acids is 1. The molecule has 4 nitrogen and oxygen atoms in total. The average Bonchev–Trinajstić information content (AvgIpc) is 3.34. The number of benzene rings is 3. The fourth-order valence-electron chi connectivity index (χ4n) is 5.99. The molecule has 0 aromatic heterocycles. The molecule has 1 amide bonds. The summed E-state index contributed by atoms with van der Waals surface area (Å²) in [5.74, 6) is -0.312. The van der Waals surface area contributed by atoms with Crippen molar-refractivity contribution < 1.29 is 13.9 Å². The fraction of sp³-hybridized carbons (Fsp3) is 0.267. The second-order valence-corrected chi connectivity index (χ2v) is 9.55. The molecule has 0 spiro atoms. The third-order valence-corrected chi connectivity index (χ3v) is 7.63. The van der Waals surface area contributed by atoms with Crippen molar-refractivity contribution in [3.63, 3.8) is 0 Å². The molecule has 2 heterocycles. The third kappa shape index (κ3) is 3.70. The fourth-order valence-corrected chi connectivity index (χ4v) is 5.99. The van der Waals surface area contributed by atoms with Crippen LogP contribution in [0.25, 0.3) is 16.7 Å². The maximum absolute atomic E-state index is 14.0. The number of fused-ring (bicyclic) bond motifs is 5. The van der Waals surface area contributed by atoms with Crippen molar-refractivity contribution in [2.45, 2.75) is 43.7 Å².